The van der Waals surface area contributed by atoms with Crippen LogP contribution in [0.3, 0.4) is 0 Å². The lowest BCUT2D eigenvalue weighted by molar-refractivity contribution is 0.0959. The third kappa shape index (κ3) is 3.45. The van der Waals surface area contributed by atoms with Crippen molar-refractivity contribution in [2.24, 2.45) is 0 Å². The predicted octanol–water partition coefficient (Wildman–Crippen LogP) is 4.99. The Morgan fingerprint density at radius 3 is 2.37 bits per heavy atom. The first-order chi connectivity index (χ1) is 13.1. The average Bonchev–Trinajstić information content (AvgIpc) is 3.14. The summed E-state index contributed by atoms with van der Waals surface area (Å²) in [6, 6.07) is 16.3. The van der Waals surface area contributed by atoms with Gasteiger partial charge in [0.05, 0.1) is 5.69 Å². The van der Waals surface area contributed by atoms with E-state index in [-0.39, 0.29) is 11.8 Å². The summed E-state index contributed by atoms with van der Waals surface area (Å²) in [6.07, 6.45) is 3.05. The van der Waals surface area contributed by atoms with Crippen molar-refractivity contribution in [2.75, 3.05) is 18.0 Å². The Kier molecular flexibility index (Phi) is 4.67. The van der Waals surface area contributed by atoms with Gasteiger partial charge in [-0.1, -0.05) is 35.9 Å². The van der Waals surface area contributed by atoms with Crippen molar-refractivity contribution >= 4 is 28.6 Å². The highest BCUT2D eigenvalue weighted by molar-refractivity contribution is 6.20. The molecule has 138 valence electrons. The molecule has 1 fully saturated rings. The van der Waals surface area contributed by atoms with Gasteiger partial charge in [-0.05, 0) is 50.5 Å². The zero-order valence-corrected chi connectivity index (χ0v) is 15.4. The molecule has 3 amide bonds. The lowest BCUT2D eigenvalue weighted by Crippen LogP contribution is -2.48. The number of carbonyl (C=O) groups excluding carboxylic acids is 2. The van der Waals surface area contributed by atoms with Crippen LogP contribution in [0, 0.1) is 6.92 Å². The molecule has 27 heavy (non-hydrogen) atoms. The molecule has 1 aliphatic heterocycles. The Morgan fingerprint density at radius 1 is 0.963 bits per heavy atom. The van der Waals surface area contributed by atoms with Gasteiger partial charge in [-0.2, -0.15) is 0 Å². The van der Waals surface area contributed by atoms with Gasteiger partial charge in [0.1, 0.15) is 5.58 Å². The van der Waals surface area contributed by atoms with E-state index < -0.39 is 5.91 Å². The van der Waals surface area contributed by atoms with Gasteiger partial charge in [0, 0.05) is 18.5 Å². The first-order valence-corrected chi connectivity index (χ1v) is 9.32. The molecule has 0 N–H and O–H groups in total. The highest BCUT2D eigenvalue weighted by atomic mass is 16.3. The third-order valence-electron chi connectivity index (χ3n) is 4.95. The number of furan rings is 1. The maximum atomic E-state index is 13.3. The summed E-state index contributed by atoms with van der Waals surface area (Å²) in [5.74, 6) is -0.271. The molecule has 0 aliphatic carbocycles. The zero-order valence-electron chi connectivity index (χ0n) is 15.4. The first kappa shape index (κ1) is 17.3. The molecule has 3 aromatic rings. The van der Waals surface area contributed by atoms with Crippen molar-refractivity contribution in [2.45, 2.75) is 26.2 Å². The maximum absolute atomic E-state index is 13.3. The Hall–Kier alpha value is -3.08. The number of hydrogen-bond acceptors (Lipinski definition) is 3. The van der Waals surface area contributed by atoms with Gasteiger partial charge in [-0.25, -0.2) is 9.69 Å². The fourth-order valence-electron chi connectivity index (χ4n) is 3.43. The Bertz CT molecular complexity index is 936. The van der Waals surface area contributed by atoms with Gasteiger partial charge in [0.15, 0.2) is 5.76 Å². The molecule has 2 aromatic carbocycles. The van der Waals surface area contributed by atoms with Crippen LogP contribution in [0.4, 0.5) is 10.5 Å². The molecular formula is C22H22N2O3. The minimum absolute atomic E-state index is 0.169. The number of amides is 3. The Balaban J connectivity index is 1.72. The van der Waals surface area contributed by atoms with Crippen LogP contribution in [0.5, 0.6) is 0 Å². The van der Waals surface area contributed by atoms with Crippen LogP contribution in [-0.4, -0.2) is 29.9 Å². The summed E-state index contributed by atoms with van der Waals surface area (Å²) in [7, 11) is 0. The van der Waals surface area contributed by atoms with Gasteiger partial charge in [0.2, 0.25) is 0 Å². The Morgan fingerprint density at radius 2 is 1.67 bits per heavy atom. The van der Waals surface area contributed by atoms with E-state index in [2.05, 4.69) is 0 Å². The number of aryl methyl sites for hydroxylation is 1. The molecule has 4 rings (SSSR count). The minimum atomic E-state index is -0.439. The molecule has 5 heteroatoms. The van der Waals surface area contributed by atoms with Crippen LogP contribution in [0.1, 0.15) is 35.4 Å². The van der Waals surface area contributed by atoms with Crippen molar-refractivity contribution < 1.29 is 14.0 Å². The molecule has 0 atom stereocenters. The van der Waals surface area contributed by atoms with Crippen LogP contribution < -0.4 is 4.90 Å². The molecule has 0 saturated carbocycles. The van der Waals surface area contributed by atoms with Gasteiger partial charge in [0.25, 0.3) is 0 Å². The highest BCUT2D eigenvalue weighted by Gasteiger charge is 2.31. The summed E-state index contributed by atoms with van der Waals surface area (Å²) in [6.45, 7) is 3.32. The Labute approximate surface area is 158 Å². The molecule has 0 bridgehead atoms. The number of nitrogens with zero attached hydrogens (tertiary/aromatic N) is 2. The predicted molar refractivity (Wildman–Crippen MR) is 105 cm³/mol. The second-order valence-corrected chi connectivity index (χ2v) is 6.95. The van der Waals surface area contributed by atoms with Crippen LogP contribution in [-0.2, 0) is 0 Å². The molecule has 0 spiro atoms. The van der Waals surface area contributed by atoms with Crippen LogP contribution in [0.25, 0.3) is 11.0 Å². The SMILES string of the molecule is Cc1ccc(N(C(=O)c2cc3ccccc3o2)C(=O)N2CCCCC2)cc1. The fraction of sp³-hybridized carbons (Fsp3) is 0.273. The molecule has 1 aliphatic rings. The maximum Gasteiger partial charge on any atom is 0.331 e. The average molecular weight is 362 g/mol. The minimum Gasteiger partial charge on any atom is -0.451 e. The number of piperidine rings is 1. The second-order valence-electron chi connectivity index (χ2n) is 6.95. The van der Waals surface area contributed by atoms with Crippen molar-refractivity contribution in [1.82, 2.24) is 4.90 Å². The molecule has 1 saturated heterocycles. The number of urea groups is 1. The summed E-state index contributed by atoms with van der Waals surface area (Å²) < 4.78 is 5.73. The van der Waals surface area contributed by atoms with Crippen molar-refractivity contribution in [3.05, 3.63) is 65.9 Å². The van der Waals surface area contributed by atoms with Gasteiger partial charge >= 0.3 is 11.9 Å². The molecule has 0 radical (unpaired) electrons. The molecule has 2 heterocycles. The van der Waals surface area contributed by atoms with Crippen LogP contribution in [0.15, 0.2) is 59.0 Å². The quantitative estimate of drug-likeness (QED) is 0.645. The summed E-state index contributed by atoms with van der Waals surface area (Å²) >= 11 is 0. The van der Waals surface area contributed by atoms with Gasteiger partial charge < -0.3 is 9.32 Å². The number of imide groups is 1. The second kappa shape index (κ2) is 7.27. The van der Waals surface area contributed by atoms with Crippen molar-refractivity contribution in [1.29, 1.82) is 0 Å². The van der Waals surface area contributed by atoms with E-state index in [1.807, 2.05) is 43.3 Å². The van der Waals surface area contributed by atoms with E-state index in [0.29, 0.717) is 24.4 Å². The topological polar surface area (TPSA) is 53.8 Å². The summed E-state index contributed by atoms with van der Waals surface area (Å²) in [5.41, 5.74) is 2.26. The van der Waals surface area contributed by atoms with E-state index in [0.717, 1.165) is 30.2 Å². The molecule has 5 nitrogen and oxygen atoms in total. The first-order valence-electron chi connectivity index (χ1n) is 9.32. The molecule has 1 aromatic heterocycles. The lowest BCUT2D eigenvalue weighted by atomic mass is 10.1. The number of likely N-dealkylation sites (tertiary alicyclic amines) is 1. The normalized spacial score (nSPS) is 14.3. The monoisotopic (exact) mass is 362 g/mol. The third-order valence-corrected chi connectivity index (χ3v) is 4.95. The number of rotatable bonds is 2. The highest BCUT2D eigenvalue weighted by Crippen LogP contribution is 2.25. The van der Waals surface area contributed by atoms with E-state index >= 15 is 0 Å². The van der Waals surface area contributed by atoms with Gasteiger partial charge in [-0.3, -0.25) is 4.79 Å². The van der Waals surface area contributed by atoms with Crippen molar-refractivity contribution in [3.8, 4) is 0 Å². The van der Waals surface area contributed by atoms with E-state index in [1.54, 1.807) is 23.1 Å². The van der Waals surface area contributed by atoms with Gasteiger partial charge in [-0.15, -0.1) is 0 Å². The molecular weight excluding hydrogens is 340 g/mol. The van der Waals surface area contributed by atoms with Crippen molar-refractivity contribution in [3.63, 3.8) is 0 Å². The van der Waals surface area contributed by atoms with E-state index in [4.69, 9.17) is 4.42 Å². The standard InChI is InChI=1S/C22H22N2O3/c1-16-9-11-18(12-10-16)24(22(26)23-13-5-2-6-14-23)21(25)20-15-17-7-3-4-8-19(17)27-20/h3-4,7-12,15H,2,5-6,13-14H2,1H3. The zero-order chi connectivity index (χ0) is 18.8. The number of benzene rings is 2. The van der Waals surface area contributed by atoms with E-state index in [1.165, 1.54) is 4.90 Å². The summed E-state index contributed by atoms with van der Waals surface area (Å²) in [4.78, 5) is 29.5. The van der Waals surface area contributed by atoms with Crippen LogP contribution in [0.2, 0.25) is 0 Å². The lowest BCUT2D eigenvalue weighted by Gasteiger charge is -2.31. The number of fused-ring (bicyclic) bond motifs is 1. The van der Waals surface area contributed by atoms with Crippen LogP contribution >= 0.6 is 0 Å². The van der Waals surface area contributed by atoms with E-state index in [9.17, 15) is 9.59 Å². The molecule has 0 unspecified atom stereocenters. The number of carbonyl (C=O) groups is 2. The fourth-order valence-corrected chi connectivity index (χ4v) is 3.43. The smallest absolute Gasteiger partial charge is 0.331 e. The number of anilines is 1. The largest absolute Gasteiger partial charge is 0.451 e. The number of hydrogen-bond donors (Lipinski definition) is 0. The number of para-hydroxylation sites is 1. The summed E-state index contributed by atoms with van der Waals surface area (Å²) in [5, 5.41) is 0.843.